The molecule has 2 aliphatic heterocycles. The Morgan fingerprint density at radius 3 is 2.62 bits per heavy atom. The van der Waals surface area contributed by atoms with E-state index in [9.17, 15) is 4.79 Å². The average molecular weight is 351 g/mol. The summed E-state index contributed by atoms with van der Waals surface area (Å²) in [5.74, 6) is 0.965. The van der Waals surface area contributed by atoms with Crippen LogP contribution in [0.2, 0.25) is 0 Å². The van der Waals surface area contributed by atoms with Crippen LogP contribution in [-0.2, 0) is 11.2 Å². The molecule has 2 aromatic rings. The Kier molecular flexibility index (Phi) is 4.73. The van der Waals surface area contributed by atoms with Crippen molar-refractivity contribution in [2.75, 3.05) is 49.1 Å². The molecule has 1 saturated heterocycles. The first-order chi connectivity index (χ1) is 12.7. The molecule has 0 saturated carbocycles. The van der Waals surface area contributed by atoms with E-state index >= 15 is 0 Å². The number of amides is 1. The number of benzene rings is 1. The minimum atomic E-state index is 0.215. The molecule has 6 nitrogen and oxygen atoms in total. The van der Waals surface area contributed by atoms with Crippen molar-refractivity contribution in [3.63, 3.8) is 0 Å². The zero-order chi connectivity index (χ0) is 17.9. The van der Waals surface area contributed by atoms with Crippen LogP contribution in [0.25, 0.3) is 0 Å². The van der Waals surface area contributed by atoms with Crippen LogP contribution in [0.4, 0.5) is 11.6 Å². The number of carbonyl (C=O) groups is 1. The highest BCUT2D eigenvalue weighted by molar-refractivity contribution is 5.82. The molecular formula is C20H25N5O. The number of fused-ring (bicyclic) bond motifs is 1. The first kappa shape index (κ1) is 16.8. The average Bonchev–Trinajstić information content (AvgIpc) is 2.69. The van der Waals surface area contributed by atoms with Gasteiger partial charge in [0.15, 0.2) is 0 Å². The summed E-state index contributed by atoms with van der Waals surface area (Å²) in [5.41, 5.74) is 3.89. The predicted octanol–water partition coefficient (Wildman–Crippen LogP) is 1.89. The fraction of sp³-hybridized carbons (Fsp3) is 0.450. The molecule has 1 amide bonds. The van der Waals surface area contributed by atoms with Crippen LogP contribution in [0.15, 0.2) is 36.7 Å². The van der Waals surface area contributed by atoms with Gasteiger partial charge in [-0.3, -0.25) is 4.79 Å². The van der Waals surface area contributed by atoms with Gasteiger partial charge in [-0.1, -0.05) is 17.7 Å². The molecule has 6 heteroatoms. The second-order valence-corrected chi connectivity index (χ2v) is 7.07. The Balaban J connectivity index is 1.37. The van der Waals surface area contributed by atoms with Crippen LogP contribution in [0.5, 0.6) is 0 Å². The van der Waals surface area contributed by atoms with E-state index in [0.717, 1.165) is 51.5 Å². The Morgan fingerprint density at radius 1 is 1.08 bits per heavy atom. The Labute approximate surface area is 154 Å². The number of aryl methyl sites for hydroxylation is 2. The van der Waals surface area contributed by atoms with Crippen molar-refractivity contribution in [3.8, 4) is 0 Å². The zero-order valence-corrected chi connectivity index (χ0v) is 15.3. The topological polar surface area (TPSA) is 52.6 Å². The second kappa shape index (κ2) is 7.32. The maximum atomic E-state index is 12.8. The number of rotatable bonds is 3. The molecular weight excluding hydrogens is 326 g/mol. The van der Waals surface area contributed by atoms with Crippen LogP contribution in [0, 0.1) is 6.92 Å². The second-order valence-electron chi connectivity index (χ2n) is 7.07. The molecule has 4 rings (SSSR count). The van der Waals surface area contributed by atoms with Gasteiger partial charge < -0.3 is 14.7 Å². The van der Waals surface area contributed by atoms with Crippen molar-refractivity contribution < 1.29 is 4.79 Å². The van der Waals surface area contributed by atoms with Gasteiger partial charge in [-0.2, -0.15) is 0 Å². The molecule has 1 fully saturated rings. The lowest BCUT2D eigenvalue weighted by atomic mass is 9.99. The normalized spacial score (nSPS) is 17.2. The van der Waals surface area contributed by atoms with Gasteiger partial charge in [-0.05, 0) is 37.5 Å². The van der Waals surface area contributed by atoms with Crippen molar-refractivity contribution in [3.05, 3.63) is 47.8 Å². The van der Waals surface area contributed by atoms with Crippen LogP contribution in [-0.4, -0.2) is 60.0 Å². The molecule has 3 heterocycles. The number of nitrogens with zero attached hydrogens (tertiary/aromatic N) is 5. The van der Waals surface area contributed by atoms with E-state index in [1.54, 1.807) is 12.4 Å². The van der Waals surface area contributed by atoms with Crippen molar-refractivity contribution >= 4 is 17.5 Å². The summed E-state index contributed by atoms with van der Waals surface area (Å²) >= 11 is 0. The summed E-state index contributed by atoms with van der Waals surface area (Å²) in [6.45, 7) is 6.58. The highest BCUT2D eigenvalue weighted by atomic mass is 16.2. The number of anilines is 2. The summed E-state index contributed by atoms with van der Waals surface area (Å²) in [6, 6.07) is 8.38. The first-order valence-electron chi connectivity index (χ1n) is 9.35. The number of piperazine rings is 1. The fourth-order valence-electron chi connectivity index (χ4n) is 3.84. The molecule has 26 heavy (non-hydrogen) atoms. The van der Waals surface area contributed by atoms with E-state index in [1.165, 1.54) is 16.8 Å². The van der Waals surface area contributed by atoms with Gasteiger partial charge in [0.2, 0.25) is 11.9 Å². The number of hydrogen-bond donors (Lipinski definition) is 0. The van der Waals surface area contributed by atoms with Gasteiger partial charge in [0, 0.05) is 50.8 Å². The maximum Gasteiger partial charge on any atom is 0.242 e. The molecule has 0 aliphatic carbocycles. The summed E-state index contributed by atoms with van der Waals surface area (Å²) in [4.78, 5) is 27.8. The van der Waals surface area contributed by atoms with Gasteiger partial charge in [-0.15, -0.1) is 0 Å². The van der Waals surface area contributed by atoms with E-state index in [4.69, 9.17) is 0 Å². The Hall–Kier alpha value is -2.63. The smallest absolute Gasteiger partial charge is 0.242 e. The van der Waals surface area contributed by atoms with E-state index in [-0.39, 0.29) is 5.91 Å². The van der Waals surface area contributed by atoms with E-state index in [0.29, 0.717) is 6.54 Å². The standard InChI is InChI=1S/C20H25N5O/c1-16-5-6-18-17(14-16)4-2-9-25(18)15-19(26)23-10-12-24(13-11-23)20-21-7-3-8-22-20/h3,5-8,14H,2,4,9-13,15H2,1H3. The van der Waals surface area contributed by atoms with Gasteiger partial charge in [-0.25, -0.2) is 9.97 Å². The van der Waals surface area contributed by atoms with E-state index in [1.807, 2.05) is 11.0 Å². The predicted molar refractivity (Wildman–Crippen MR) is 103 cm³/mol. The van der Waals surface area contributed by atoms with Crippen molar-refractivity contribution in [2.24, 2.45) is 0 Å². The SMILES string of the molecule is Cc1ccc2c(c1)CCCN2CC(=O)N1CCN(c2ncccn2)CC1. The summed E-state index contributed by atoms with van der Waals surface area (Å²) in [5, 5.41) is 0. The molecule has 0 atom stereocenters. The van der Waals surface area contributed by atoms with Gasteiger partial charge in [0.1, 0.15) is 0 Å². The number of carbonyl (C=O) groups excluding carboxylic acids is 1. The Morgan fingerprint density at radius 2 is 1.85 bits per heavy atom. The van der Waals surface area contributed by atoms with Gasteiger partial charge in [0.25, 0.3) is 0 Å². The van der Waals surface area contributed by atoms with E-state index in [2.05, 4.69) is 44.9 Å². The monoisotopic (exact) mass is 351 g/mol. The Bertz CT molecular complexity index is 771. The van der Waals surface area contributed by atoms with Crippen molar-refractivity contribution in [1.82, 2.24) is 14.9 Å². The molecule has 0 radical (unpaired) electrons. The third kappa shape index (κ3) is 3.49. The maximum absolute atomic E-state index is 12.8. The minimum Gasteiger partial charge on any atom is -0.362 e. The van der Waals surface area contributed by atoms with Gasteiger partial charge in [0.05, 0.1) is 6.54 Å². The molecule has 0 N–H and O–H groups in total. The molecule has 0 bridgehead atoms. The molecule has 136 valence electrons. The fourth-order valence-corrected chi connectivity index (χ4v) is 3.84. The highest BCUT2D eigenvalue weighted by Crippen LogP contribution is 2.27. The van der Waals surface area contributed by atoms with Crippen LogP contribution in [0.1, 0.15) is 17.5 Å². The quantitative estimate of drug-likeness (QED) is 0.845. The molecule has 1 aromatic carbocycles. The molecule has 2 aliphatic rings. The van der Waals surface area contributed by atoms with Crippen molar-refractivity contribution in [1.29, 1.82) is 0 Å². The lowest BCUT2D eigenvalue weighted by Gasteiger charge is -2.37. The summed E-state index contributed by atoms with van der Waals surface area (Å²) in [7, 11) is 0. The largest absolute Gasteiger partial charge is 0.362 e. The van der Waals surface area contributed by atoms with E-state index < -0.39 is 0 Å². The lowest BCUT2D eigenvalue weighted by Crippen LogP contribution is -2.52. The zero-order valence-electron chi connectivity index (χ0n) is 15.3. The van der Waals surface area contributed by atoms with Crippen LogP contribution in [0.3, 0.4) is 0 Å². The number of aromatic nitrogens is 2. The third-order valence-electron chi connectivity index (χ3n) is 5.24. The number of hydrogen-bond acceptors (Lipinski definition) is 5. The van der Waals surface area contributed by atoms with Crippen LogP contribution < -0.4 is 9.80 Å². The lowest BCUT2D eigenvalue weighted by molar-refractivity contribution is -0.130. The third-order valence-corrected chi connectivity index (χ3v) is 5.24. The molecule has 0 unspecified atom stereocenters. The van der Waals surface area contributed by atoms with Gasteiger partial charge >= 0.3 is 0 Å². The molecule has 1 aromatic heterocycles. The van der Waals surface area contributed by atoms with Crippen LogP contribution >= 0.6 is 0 Å². The highest BCUT2D eigenvalue weighted by Gasteiger charge is 2.25. The van der Waals surface area contributed by atoms with Crippen molar-refractivity contribution in [2.45, 2.75) is 19.8 Å². The molecule has 0 spiro atoms. The first-order valence-corrected chi connectivity index (χ1v) is 9.35. The summed E-state index contributed by atoms with van der Waals surface area (Å²) in [6.07, 6.45) is 5.74. The minimum absolute atomic E-state index is 0.215. The summed E-state index contributed by atoms with van der Waals surface area (Å²) < 4.78 is 0.